The third kappa shape index (κ3) is 4.09. The summed E-state index contributed by atoms with van der Waals surface area (Å²) >= 11 is 1.24. The van der Waals surface area contributed by atoms with Crippen LogP contribution in [0.4, 0.5) is 5.69 Å². The van der Waals surface area contributed by atoms with Crippen LogP contribution < -0.4 is 5.73 Å². The van der Waals surface area contributed by atoms with E-state index in [2.05, 4.69) is 4.98 Å². The first-order chi connectivity index (χ1) is 12.5. The number of aromatic nitrogens is 2. The number of amides is 1. The summed E-state index contributed by atoms with van der Waals surface area (Å²) in [7, 11) is 0. The van der Waals surface area contributed by atoms with E-state index in [1.54, 1.807) is 18.3 Å². The van der Waals surface area contributed by atoms with E-state index >= 15 is 0 Å². The molecule has 0 aliphatic heterocycles. The van der Waals surface area contributed by atoms with Gasteiger partial charge in [-0.25, -0.2) is 4.98 Å². The number of non-ortho nitro benzene ring substituents is 1. The largest absolute Gasteiger partial charge is 0.369 e. The predicted molar refractivity (Wildman–Crippen MR) is 99.8 cm³/mol. The van der Waals surface area contributed by atoms with Gasteiger partial charge in [-0.05, 0) is 5.56 Å². The molecule has 0 radical (unpaired) electrons. The van der Waals surface area contributed by atoms with Crippen molar-refractivity contribution in [1.29, 1.82) is 0 Å². The molecular weight excluding hydrogens is 352 g/mol. The second-order valence-corrected chi connectivity index (χ2v) is 6.50. The highest BCUT2D eigenvalue weighted by molar-refractivity contribution is 7.99. The summed E-state index contributed by atoms with van der Waals surface area (Å²) in [6.45, 7) is 0.528. The summed E-state index contributed by atoms with van der Waals surface area (Å²) in [5.74, 6) is -0.318. The van der Waals surface area contributed by atoms with E-state index in [4.69, 9.17) is 5.73 Å². The van der Waals surface area contributed by atoms with Crippen molar-refractivity contribution in [3.8, 4) is 11.3 Å². The molecule has 132 valence electrons. The molecule has 2 aromatic carbocycles. The van der Waals surface area contributed by atoms with Crippen LogP contribution in [0.2, 0.25) is 0 Å². The number of nitrogens with two attached hydrogens (primary N) is 1. The first-order valence-electron chi connectivity index (χ1n) is 7.80. The van der Waals surface area contributed by atoms with Crippen molar-refractivity contribution in [2.75, 3.05) is 5.75 Å². The van der Waals surface area contributed by atoms with E-state index in [1.807, 2.05) is 34.9 Å². The molecule has 1 amide bonds. The van der Waals surface area contributed by atoms with E-state index in [-0.39, 0.29) is 11.4 Å². The summed E-state index contributed by atoms with van der Waals surface area (Å²) in [4.78, 5) is 26.2. The second-order valence-electron chi connectivity index (χ2n) is 5.56. The molecule has 0 saturated carbocycles. The molecule has 0 bridgehead atoms. The zero-order valence-electron chi connectivity index (χ0n) is 13.7. The van der Waals surface area contributed by atoms with Crippen molar-refractivity contribution in [2.45, 2.75) is 11.7 Å². The molecule has 8 heteroatoms. The zero-order chi connectivity index (χ0) is 18.5. The molecule has 0 atom stereocenters. The van der Waals surface area contributed by atoms with Gasteiger partial charge < -0.3 is 10.3 Å². The average Bonchev–Trinajstić information content (AvgIpc) is 3.03. The summed E-state index contributed by atoms with van der Waals surface area (Å²) in [5.41, 5.74) is 7.74. The Morgan fingerprint density at radius 2 is 1.96 bits per heavy atom. The zero-order valence-corrected chi connectivity index (χ0v) is 14.6. The number of rotatable bonds is 7. The Balaban J connectivity index is 2.02. The lowest BCUT2D eigenvalue weighted by Gasteiger charge is -2.12. The average molecular weight is 368 g/mol. The fraction of sp³-hybridized carbons (Fsp3) is 0.111. The minimum atomic E-state index is -0.429. The first-order valence-corrected chi connectivity index (χ1v) is 8.78. The highest BCUT2D eigenvalue weighted by Crippen LogP contribution is 2.29. The van der Waals surface area contributed by atoms with E-state index in [9.17, 15) is 14.9 Å². The van der Waals surface area contributed by atoms with Gasteiger partial charge in [0.2, 0.25) is 5.91 Å². The monoisotopic (exact) mass is 368 g/mol. The van der Waals surface area contributed by atoms with Gasteiger partial charge in [0, 0.05) is 17.7 Å². The Morgan fingerprint density at radius 3 is 2.65 bits per heavy atom. The van der Waals surface area contributed by atoms with Crippen LogP contribution in [0.5, 0.6) is 0 Å². The summed E-state index contributed by atoms with van der Waals surface area (Å²) in [6.07, 6.45) is 1.66. The van der Waals surface area contributed by atoms with Gasteiger partial charge in [-0.2, -0.15) is 0 Å². The van der Waals surface area contributed by atoms with Crippen molar-refractivity contribution in [2.24, 2.45) is 5.73 Å². The fourth-order valence-corrected chi connectivity index (χ4v) is 3.25. The lowest BCUT2D eigenvalue weighted by molar-refractivity contribution is -0.384. The van der Waals surface area contributed by atoms with E-state index in [0.29, 0.717) is 17.3 Å². The van der Waals surface area contributed by atoms with Crippen LogP contribution in [0, 0.1) is 10.1 Å². The van der Waals surface area contributed by atoms with Crippen LogP contribution >= 0.6 is 11.8 Å². The van der Waals surface area contributed by atoms with Crippen molar-refractivity contribution >= 4 is 23.4 Å². The molecule has 1 heterocycles. The molecule has 7 nitrogen and oxygen atoms in total. The van der Waals surface area contributed by atoms with Gasteiger partial charge in [-0.1, -0.05) is 54.2 Å². The van der Waals surface area contributed by atoms with Gasteiger partial charge in [-0.15, -0.1) is 0 Å². The Hall–Kier alpha value is -3.13. The molecule has 0 saturated heterocycles. The van der Waals surface area contributed by atoms with E-state index in [0.717, 1.165) is 11.3 Å². The third-order valence-corrected chi connectivity index (χ3v) is 4.71. The molecule has 0 spiro atoms. The number of nitro groups is 1. The van der Waals surface area contributed by atoms with Crippen molar-refractivity contribution < 1.29 is 9.72 Å². The normalized spacial score (nSPS) is 10.6. The highest BCUT2D eigenvalue weighted by atomic mass is 32.2. The lowest BCUT2D eigenvalue weighted by Crippen LogP contribution is -2.14. The smallest absolute Gasteiger partial charge is 0.270 e. The summed E-state index contributed by atoms with van der Waals surface area (Å²) < 4.78 is 1.93. The molecule has 26 heavy (non-hydrogen) atoms. The van der Waals surface area contributed by atoms with Crippen molar-refractivity contribution in [1.82, 2.24) is 9.55 Å². The topological polar surface area (TPSA) is 104 Å². The fourth-order valence-electron chi connectivity index (χ4n) is 2.54. The molecule has 1 aromatic heterocycles. The molecule has 3 rings (SSSR count). The Bertz CT molecular complexity index is 941. The predicted octanol–water partition coefficient (Wildman–Crippen LogP) is 3.08. The van der Waals surface area contributed by atoms with E-state index < -0.39 is 10.8 Å². The second kappa shape index (κ2) is 7.83. The number of imidazole rings is 1. The van der Waals surface area contributed by atoms with Crippen LogP contribution in [0.3, 0.4) is 0 Å². The number of carbonyl (C=O) groups is 1. The quantitative estimate of drug-likeness (QED) is 0.392. The lowest BCUT2D eigenvalue weighted by atomic mass is 10.1. The van der Waals surface area contributed by atoms with E-state index in [1.165, 1.54) is 23.9 Å². The molecule has 0 aliphatic carbocycles. The van der Waals surface area contributed by atoms with Gasteiger partial charge in [0.15, 0.2) is 5.16 Å². The standard InChI is InChI=1S/C18H16N4O3S/c19-17(23)12-26-18-20-10-16(14-7-4-8-15(9-14)22(24)25)21(18)11-13-5-2-1-3-6-13/h1-10H,11-12H2,(H2,19,23). The molecule has 3 aromatic rings. The number of nitro benzene ring substituents is 1. The molecular formula is C18H16N4O3S. The number of hydrogen-bond acceptors (Lipinski definition) is 5. The maximum absolute atomic E-state index is 11.1. The maximum atomic E-state index is 11.1. The minimum absolute atomic E-state index is 0.0151. The van der Waals surface area contributed by atoms with Gasteiger partial charge in [0.25, 0.3) is 5.69 Å². The number of nitrogens with zero attached hydrogens (tertiary/aromatic N) is 3. The van der Waals surface area contributed by atoms with Gasteiger partial charge in [0.1, 0.15) is 0 Å². The number of thioether (sulfide) groups is 1. The van der Waals surface area contributed by atoms with Crippen LogP contribution in [0.15, 0.2) is 66.0 Å². The molecule has 0 fully saturated rings. The molecule has 0 aliphatic rings. The van der Waals surface area contributed by atoms with Crippen LogP contribution in [-0.2, 0) is 11.3 Å². The van der Waals surface area contributed by atoms with Gasteiger partial charge >= 0.3 is 0 Å². The van der Waals surface area contributed by atoms with Gasteiger partial charge in [-0.3, -0.25) is 14.9 Å². The maximum Gasteiger partial charge on any atom is 0.270 e. The number of carbonyl (C=O) groups excluding carboxylic acids is 1. The molecule has 2 N–H and O–H groups in total. The Labute approximate surface area is 154 Å². The van der Waals surface area contributed by atoms with Crippen molar-refractivity contribution in [3.63, 3.8) is 0 Å². The summed E-state index contributed by atoms with van der Waals surface area (Å²) in [6, 6.07) is 16.2. The highest BCUT2D eigenvalue weighted by Gasteiger charge is 2.16. The Kier molecular flexibility index (Phi) is 5.33. The first kappa shape index (κ1) is 17.7. The third-order valence-electron chi connectivity index (χ3n) is 3.70. The minimum Gasteiger partial charge on any atom is -0.369 e. The number of benzene rings is 2. The number of primary amides is 1. The van der Waals surface area contributed by atoms with Crippen LogP contribution in [0.25, 0.3) is 11.3 Å². The van der Waals surface area contributed by atoms with Crippen LogP contribution in [-0.4, -0.2) is 26.1 Å². The molecule has 0 unspecified atom stereocenters. The van der Waals surface area contributed by atoms with Gasteiger partial charge in [0.05, 0.1) is 29.1 Å². The summed E-state index contributed by atoms with van der Waals surface area (Å²) in [5, 5.41) is 11.7. The van der Waals surface area contributed by atoms with Crippen LogP contribution in [0.1, 0.15) is 5.56 Å². The number of hydrogen-bond donors (Lipinski definition) is 1. The SMILES string of the molecule is NC(=O)CSc1ncc(-c2cccc([N+](=O)[O-])c2)n1Cc1ccccc1. The van der Waals surface area contributed by atoms with Crippen molar-refractivity contribution in [3.05, 3.63) is 76.5 Å². The Morgan fingerprint density at radius 1 is 1.19 bits per heavy atom.